The van der Waals surface area contributed by atoms with Crippen LogP contribution in [0.25, 0.3) is 0 Å². The van der Waals surface area contributed by atoms with Gasteiger partial charge in [0.2, 0.25) is 0 Å². The Labute approximate surface area is 88.4 Å². The molecule has 0 aliphatic heterocycles. The Balaban J connectivity index is 0. The minimum atomic E-state index is 0. The summed E-state index contributed by atoms with van der Waals surface area (Å²) in [6, 6.07) is 0. The monoisotopic (exact) mass is 403 g/mol. The molecule has 0 fully saturated rings. The van der Waals surface area contributed by atoms with Crippen molar-refractivity contribution in [2.75, 3.05) is 0 Å². The second-order valence-electron chi connectivity index (χ2n) is 0. The Morgan fingerprint density at radius 2 is 0.500 bits per heavy atom. The van der Waals surface area contributed by atoms with Crippen LogP contribution in [0.2, 0.25) is 0 Å². The van der Waals surface area contributed by atoms with E-state index < -0.39 is 0 Å². The van der Waals surface area contributed by atoms with Crippen molar-refractivity contribution in [3.63, 3.8) is 0 Å². The van der Waals surface area contributed by atoms with E-state index in [9.17, 15) is 0 Å². The maximum atomic E-state index is 0. The first-order chi connectivity index (χ1) is 0. The Morgan fingerprint density at radius 1 is 0.500 bits per heavy atom. The van der Waals surface area contributed by atoms with E-state index in [1.807, 2.05) is 0 Å². The Hall–Kier alpha value is 2.88. The molecule has 0 nitrogen and oxygen atoms in total. The number of rotatable bonds is 0. The standard InChI is InChI=1S/Er.3GeH5/h;3*1H5/q+3;3*-1. The van der Waals surface area contributed by atoms with E-state index in [-0.39, 0.29) is 90.1 Å². The van der Waals surface area contributed by atoms with E-state index in [0.29, 0.717) is 0 Å². The fourth-order valence-corrected chi connectivity index (χ4v) is 0. The molecule has 0 unspecified atom stereocenters. The molecule has 0 amide bonds. The first-order valence-corrected chi connectivity index (χ1v) is 0. The summed E-state index contributed by atoms with van der Waals surface area (Å²) in [7, 11) is 0. The van der Waals surface area contributed by atoms with Crippen molar-refractivity contribution in [2.45, 2.75) is 0 Å². The molecule has 0 atom stereocenters. The predicted molar refractivity (Wildman–Crippen MR) is 38.2 cm³/mol. The van der Waals surface area contributed by atoms with Gasteiger partial charge >= 0.3 is 90.1 Å². The third-order valence-corrected chi connectivity index (χ3v) is 0. The van der Waals surface area contributed by atoms with Gasteiger partial charge in [-0.2, -0.15) is 0 Å². The van der Waals surface area contributed by atoms with Crippen LogP contribution in [0, 0.1) is 37.3 Å². The SMILES string of the molecule is [Er+3].[GeH5-].[GeH5-].[GeH5-]. The van der Waals surface area contributed by atoms with Gasteiger partial charge in [-0.1, -0.05) is 0 Å². The Bertz CT molecular complexity index is 3.25. The number of hydrogen-bond acceptors (Lipinski definition) is 0. The molecule has 0 bridgehead atoms. The van der Waals surface area contributed by atoms with E-state index in [2.05, 4.69) is 0 Å². The molecule has 0 saturated carbocycles. The molecular weight excluding hydrogens is 385 g/mol. The summed E-state index contributed by atoms with van der Waals surface area (Å²) in [5.41, 5.74) is 0. The molecule has 4 heteroatoms. The zero-order valence-electron chi connectivity index (χ0n) is 0.289. The molecule has 0 N–H and O–H groups in total. The molecule has 0 heterocycles. The van der Waals surface area contributed by atoms with Gasteiger partial charge in [-0.15, -0.1) is 0 Å². The van der Waals surface area contributed by atoms with Gasteiger partial charge in [0, 0.05) is 0 Å². The van der Waals surface area contributed by atoms with Gasteiger partial charge in [0.25, 0.3) is 0 Å². The van der Waals surface area contributed by atoms with Gasteiger partial charge in [-0.05, 0) is 0 Å². The average Bonchev–Trinajstić information content (AvgIpc) is 0. The normalized spacial score (nSPS) is 0. The van der Waals surface area contributed by atoms with Gasteiger partial charge in [-0.3, -0.25) is 0 Å². The third-order valence-electron chi connectivity index (χ3n) is 0. The zero-order valence-corrected chi connectivity index (χ0v) is 2.14. The van der Waals surface area contributed by atoms with Gasteiger partial charge in [0.15, 0.2) is 0 Å². The second kappa shape index (κ2) is 16.9. The van der Waals surface area contributed by atoms with Crippen LogP contribution in [-0.4, -0.2) is 52.8 Å². The van der Waals surface area contributed by atoms with Crippen LogP contribution in [-0.2, 0) is 0 Å². The molecule has 39 valence electrons. The van der Waals surface area contributed by atoms with Crippen molar-refractivity contribution < 1.29 is 37.3 Å². The molecule has 0 aliphatic rings. The second-order valence-corrected chi connectivity index (χ2v) is 0. The first kappa shape index (κ1) is 28.7. The Morgan fingerprint density at radius 3 is 0.500 bits per heavy atom. The predicted octanol–water partition coefficient (Wildman–Crippen LogP) is -5.16. The van der Waals surface area contributed by atoms with E-state index in [1.165, 1.54) is 0 Å². The zero-order chi connectivity index (χ0) is 0. The van der Waals surface area contributed by atoms with Crippen LogP contribution in [0.1, 0.15) is 0 Å². The van der Waals surface area contributed by atoms with Crippen LogP contribution in [0.4, 0.5) is 0 Å². The molecule has 1 radical (unpaired) electrons. The molecule has 4 heavy (non-hydrogen) atoms. The van der Waals surface area contributed by atoms with E-state index in [0.717, 1.165) is 0 Å². The average molecular weight is 400 g/mol. The first-order valence-electron chi connectivity index (χ1n) is 0. The number of hydrogen-bond donors (Lipinski definition) is 0. The molecule has 0 aliphatic carbocycles. The maximum absolute atomic E-state index is 0. The van der Waals surface area contributed by atoms with Crippen LogP contribution in [0.5, 0.6) is 0 Å². The van der Waals surface area contributed by atoms with Crippen LogP contribution >= 0.6 is 0 Å². The molecular formula is H15ErGe3. The summed E-state index contributed by atoms with van der Waals surface area (Å²) in [4.78, 5) is 0. The van der Waals surface area contributed by atoms with Crippen molar-refractivity contribution in [2.24, 2.45) is 0 Å². The minimum absolute atomic E-state index is 0. The molecule has 0 saturated heterocycles. The molecule has 0 spiro atoms. The van der Waals surface area contributed by atoms with Crippen LogP contribution in [0.3, 0.4) is 0 Å². The Kier molecular flexibility index (Phi) is 121. The quantitative estimate of drug-likeness (QED) is 0.357. The summed E-state index contributed by atoms with van der Waals surface area (Å²) in [5, 5.41) is 0. The summed E-state index contributed by atoms with van der Waals surface area (Å²) in [6.07, 6.45) is 0. The van der Waals surface area contributed by atoms with E-state index in [4.69, 9.17) is 0 Å². The van der Waals surface area contributed by atoms with Gasteiger partial charge in [-0.25, -0.2) is 0 Å². The van der Waals surface area contributed by atoms with Crippen molar-refractivity contribution in [3.8, 4) is 0 Å². The molecule has 0 aromatic rings. The fourth-order valence-electron chi connectivity index (χ4n) is 0. The van der Waals surface area contributed by atoms with Crippen molar-refractivity contribution in [3.05, 3.63) is 0 Å². The summed E-state index contributed by atoms with van der Waals surface area (Å²) in [5.74, 6) is 0. The molecule has 0 aromatic carbocycles. The van der Waals surface area contributed by atoms with Gasteiger partial charge < -0.3 is 0 Å². The van der Waals surface area contributed by atoms with Crippen molar-refractivity contribution >= 4 is 52.8 Å². The fraction of sp³-hybridized carbons (Fsp3) is 0. The molecule has 0 aromatic heterocycles. The van der Waals surface area contributed by atoms with Crippen molar-refractivity contribution in [1.29, 1.82) is 0 Å². The van der Waals surface area contributed by atoms with Crippen LogP contribution < -0.4 is 0 Å². The molecule has 0 rings (SSSR count). The summed E-state index contributed by atoms with van der Waals surface area (Å²) >= 11 is 0. The van der Waals surface area contributed by atoms with Gasteiger partial charge in [0.05, 0.1) is 0 Å². The topological polar surface area (TPSA) is 0 Å². The van der Waals surface area contributed by atoms with Gasteiger partial charge in [0.1, 0.15) is 0 Å². The van der Waals surface area contributed by atoms with Crippen molar-refractivity contribution in [1.82, 2.24) is 0 Å². The summed E-state index contributed by atoms with van der Waals surface area (Å²) < 4.78 is 0. The third kappa shape index (κ3) is 8.86. The van der Waals surface area contributed by atoms with E-state index in [1.54, 1.807) is 0 Å². The summed E-state index contributed by atoms with van der Waals surface area (Å²) in [6.45, 7) is 0. The van der Waals surface area contributed by atoms with Crippen LogP contribution in [0.15, 0.2) is 0 Å². The van der Waals surface area contributed by atoms with E-state index >= 15 is 0 Å².